The molecule has 2 aromatic heterocycles. The highest BCUT2D eigenvalue weighted by Gasteiger charge is 2.32. The molecule has 0 saturated carbocycles. The predicted molar refractivity (Wildman–Crippen MR) is 79.9 cm³/mol. The Morgan fingerprint density at radius 2 is 2.41 bits per heavy atom. The van der Waals surface area contributed by atoms with Crippen LogP contribution in [0.3, 0.4) is 0 Å². The maximum Gasteiger partial charge on any atom is 0.161 e. The Morgan fingerprint density at radius 3 is 3.23 bits per heavy atom. The number of nitriles is 1. The first-order chi connectivity index (χ1) is 10.8. The van der Waals surface area contributed by atoms with Gasteiger partial charge >= 0.3 is 0 Å². The van der Waals surface area contributed by atoms with Crippen LogP contribution in [-0.4, -0.2) is 32.7 Å². The van der Waals surface area contributed by atoms with Crippen molar-refractivity contribution in [1.82, 2.24) is 19.5 Å². The number of rotatable bonds is 5. The van der Waals surface area contributed by atoms with E-state index < -0.39 is 0 Å². The van der Waals surface area contributed by atoms with E-state index in [1.165, 1.54) is 6.20 Å². The third-order valence-corrected chi connectivity index (χ3v) is 3.85. The van der Waals surface area contributed by atoms with E-state index in [2.05, 4.69) is 31.8 Å². The molecule has 0 radical (unpaired) electrons. The van der Waals surface area contributed by atoms with Crippen LogP contribution in [0.4, 0.5) is 5.82 Å². The molecule has 1 N–H and O–H groups in total. The van der Waals surface area contributed by atoms with Crippen molar-refractivity contribution in [1.29, 1.82) is 5.26 Å². The minimum absolute atomic E-state index is 0.00504. The SMILES string of the molecule is CCn1ccnc1[C@@H]1OCC[C@H]1CNc1cncc(C#N)n1. The summed E-state index contributed by atoms with van der Waals surface area (Å²) in [5.74, 6) is 1.91. The Bertz CT molecular complexity index is 677. The van der Waals surface area contributed by atoms with Crippen molar-refractivity contribution in [3.8, 4) is 6.07 Å². The van der Waals surface area contributed by atoms with Gasteiger partial charge in [-0.25, -0.2) is 9.97 Å². The van der Waals surface area contributed by atoms with Crippen LogP contribution in [-0.2, 0) is 11.3 Å². The Labute approximate surface area is 129 Å². The lowest BCUT2D eigenvalue weighted by Crippen LogP contribution is -2.21. The molecule has 3 rings (SSSR count). The van der Waals surface area contributed by atoms with Gasteiger partial charge in [0.15, 0.2) is 5.69 Å². The normalized spacial score (nSPS) is 20.7. The second-order valence-corrected chi connectivity index (χ2v) is 5.19. The van der Waals surface area contributed by atoms with Crippen LogP contribution >= 0.6 is 0 Å². The van der Waals surface area contributed by atoms with Gasteiger partial charge in [0.2, 0.25) is 0 Å². The fourth-order valence-corrected chi connectivity index (χ4v) is 2.71. The van der Waals surface area contributed by atoms with Crippen molar-refractivity contribution in [3.05, 3.63) is 36.3 Å². The summed E-state index contributed by atoms with van der Waals surface area (Å²) in [4.78, 5) is 12.6. The molecule has 1 aliphatic rings. The molecule has 22 heavy (non-hydrogen) atoms. The summed E-state index contributed by atoms with van der Waals surface area (Å²) in [6, 6.07) is 1.99. The summed E-state index contributed by atoms with van der Waals surface area (Å²) in [7, 11) is 0. The average Bonchev–Trinajstić information content (AvgIpc) is 3.21. The third kappa shape index (κ3) is 2.92. The summed E-state index contributed by atoms with van der Waals surface area (Å²) >= 11 is 0. The van der Waals surface area contributed by atoms with E-state index in [0.29, 0.717) is 24.0 Å². The number of aryl methyl sites for hydroxylation is 1. The van der Waals surface area contributed by atoms with Crippen LogP contribution in [0.5, 0.6) is 0 Å². The van der Waals surface area contributed by atoms with Crippen molar-refractivity contribution in [2.24, 2.45) is 5.92 Å². The number of hydrogen-bond donors (Lipinski definition) is 1. The zero-order valence-electron chi connectivity index (χ0n) is 12.4. The highest BCUT2D eigenvalue weighted by Crippen LogP contribution is 2.33. The average molecular weight is 298 g/mol. The monoisotopic (exact) mass is 298 g/mol. The number of aromatic nitrogens is 4. The molecule has 1 aliphatic heterocycles. The Morgan fingerprint density at radius 1 is 1.50 bits per heavy atom. The van der Waals surface area contributed by atoms with Crippen molar-refractivity contribution >= 4 is 5.82 Å². The van der Waals surface area contributed by atoms with Gasteiger partial charge in [0.1, 0.15) is 23.8 Å². The van der Waals surface area contributed by atoms with Crippen molar-refractivity contribution < 1.29 is 4.74 Å². The van der Waals surface area contributed by atoms with E-state index in [0.717, 1.165) is 25.4 Å². The molecule has 2 aromatic rings. The lowest BCUT2D eigenvalue weighted by Gasteiger charge is -2.19. The molecule has 0 bridgehead atoms. The molecular formula is C15H18N6O. The quantitative estimate of drug-likeness (QED) is 0.904. The molecule has 1 saturated heterocycles. The first kappa shape index (κ1) is 14.5. The maximum absolute atomic E-state index is 8.86. The first-order valence-electron chi connectivity index (χ1n) is 7.40. The summed E-state index contributed by atoms with van der Waals surface area (Å²) in [6.45, 7) is 4.42. The van der Waals surface area contributed by atoms with Gasteiger partial charge in [-0.05, 0) is 13.3 Å². The second-order valence-electron chi connectivity index (χ2n) is 5.19. The number of anilines is 1. The Balaban J connectivity index is 1.68. The Hall–Kier alpha value is -2.46. The van der Waals surface area contributed by atoms with E-state index in [1.807, 2.05) is 18.5 Å². The van der Waals surface area contributed by atoms with Crippen molar-refractivity contribution in [2.75, 3.05) is 18.5 Å². The van der Waals surface area contributed by atoms with Crippen LogP contribution in [0.2, 0.25) is 0 Å². The van der Waals surface area contributed by atoms with E-state index in [9.17, 15) is 0 Å². The van der Waals surface area contributed by atoms with E-state index in [-0.39, 0.29) is 6.10 Å². The zero-order valence-corrected chi connectivity index (χ0v) is 12.4. The third-order valence-electron chi connectivity index (χ3n) is 3.85. The summed E-state index contributed by atoms with van der Waals surface area (Å²) in [5, 5.41) is 12.1. The fraction of sp³-hybridized carbons (Fsp3) is 0.467. The number of nitrogens with zero attached hydrogens (tertiary/aromatic N) is 5. The molecule has 0 unspecified atom stereocenters. The molecule has 2 atom stereocenters. The lowest BCUT2D eigenvalue weighted by molar-refractivity contribution is 0.0832. The largest absolute Gasteiger partial charge is 0.370 e. The number of imidazole rings is 1. The smallest absolute Gasteiger partial charge is 0.161 e. The van der Waals surface area contributed by atoms with Gasteiger partial charge in [-0.2, -0.15) is 5.26 Å². The lowest BCUT2D eigenvalue weighted by atomic mass is 10.0. The molecule has 0 aromatic carbocycles. The molecule has 114 valence electrons. The van der Waals surface area contributed by atoms with Gasteiger partial charge < -0.3 is 14.6 Å². The zero-order chi connectivity index (χ0) is 15.4. The molecule has 7 heteroatoms. The number of hydrogen-bond acceptors (Lipinski definition) is 6. The first-order valence-corrected chi connectivity index (χ1v) is 7.40. The van der Waals surface area contributed by atoms with Crippen LogP contribution in [0, 0.1) is 17.2 Å². The second kappa shape index (κ2) is 6.54. The van der Waals surface area contributed by atoms with Crippen LogP contribution in [0.15, 0.2) is 24.8 Å². The van der Waals surface area contributed by atoms with Gasteiger partial charge in [0.25, 0.3) is 0 Å². The van der Waals surface area contributed by atoms with Crippen LogP contribution < -0.4 is 5.32 Å². The standard InChI is InChI=1S/C15H18N6O/c1-2-21-5-4-18-15(21)14-11(3-6-22-14)8-19-13-10-17-9-12(7-16)20-13/h4-5,9-11,14H,2-3,6,8H2,1H3,(H,19,20)/t11-,14+/m0/s1. The van der Waals surface area contributed by atoms with Crippen LogP contribution in [0.25, 0.3) is 0 Å². The van der Waals surface area contributed by atoms with E-state index in [4.69, 9.17) is 10.00 Å². The highest BCUT2D eigenvalue weighted by atomic mass is 16.5. The predicted octanol–water partition coefficient (Wildman–Crippen LogP) is 1.75. The number of nitrogens with one attached hydrogen (secondary N) is 1. The molecule has 7 nitrogen and oxygen atoms in total. The molecule has 0 aliphatic carbocycles. The number of ether oxygens (including phenoxy) is 1. The minimum atomic E-state index is -0.00504. The van der Waals surface area contributed by atoms with Gasteiger partial charge in [0.05, 0.1) is 12.4 Å². The van der Waals surface area contributed by atoms with E-state index in [1.54, 1.807) is 6.20 Å². The Kier molecular flexibility index (Phi) is 4.30. The highest BCUT2D eigenvalue weighted by molar-refractivity contribution is 5.34. The van der Waals surface area contributed by atoms with Gasteiger partial charge in [0, 0.05) is 38.0 Å². The summed E-state index contributed by atoms with van der Waals surface area (Å²) < 4.78 is 7.98. The molecule has 3 heterocycles. The molecule has 0 spiro atoms. The molecule has 1 fully saturated rings. The molecule has 0 amide bonds. The van der Waals surface area contributed by atoms with Gasteiger partial charge in [-0.3, -0.25) is 4.98 Å². The van der Waals surface area contributed by atoms with Crippen molar-refractivity contribution in [3.63, 3.8) is 0 Å². The van der Waals surface area contributed by atoms with Crippen LogP contribution in [0.1, 0.15) is 31.0 Å². The summed E-state index contributed by atoms with van der Waals surface area (Å²) in [6.07, 6.45) is 7.83. The molecular weight excluding hydrogens is 280 g/mol. The van der Waals surface area contributed by atoms with Gasteiger partial charge in [-0.1, -0.05) is 0 Å². The fourth-order valence-electron chi connectivity index (χ4n) is 2.71. The topological polar surface area (TPSA) is 88.6 Å². The minimum Gasteiger partial charge on any atom is -0.370 e. The maximum atomic E-state index is 8.86. The summed E-state index contributed by atoms with van der Waals surface area (Å²) in [5.41, 5.74) is 0.311. The van der Waals surface area contributed by atoms with E-state index >= 15 is 0 Å². The van der Waals surface area contributed by atoms with Gasteiger partial charge in [-0.15, -0.1) is 0 Å². The van der Waals surface area contributed by atoms with Crippen molar-refractivity contribution in [2.45, 2.75) is 26.0 Å².